The van der Waals surface area contributed by atoms with E-state index in [-0.39, 0.29) is 11.7 Å². The van der Waals surface area contributed by atoms with Crippen molar-refractivity contribution in [2.24, 2.45) is 0 Å². The Balaban J connectivity index is 1.40. The van der Waals surface area contributed by atoms with Crippen LogP contribution in [-0.2, 0) is 0 Å². The second-order valence-corrected chi connectivity index (χ2v) is 7.51. The number of aliphatic hydroxyl groups excluding tert-OH is 1. The fourth-order valence-electron chi connectivity index (χ4n) is 3.60. The molecule has 9 nitrogen and oxygen atoms in total. The van der Waals surface area contributed by atoms with Crippen molar-refractivity contribution < 1.29 is 18.8 Å². The number of pyridine rings is 1. The molecular formula is C21H19FN6O3. The predicted molar refractivity (Wildman–Crippen MR) is 109 cm³/mol. The van der Waals surface area contributed by atoms with E-state index in [4.69, 9.17) is 4.52 Å². The second-order valence-electron chi connectivity index (χ2n) is 7.51. The fourth-order valence-corrected chi connectivity index (χ4v) is 3.60. The van der Waals surface area contributed by atoms with Gasteiger partial charge in [-0.1, -0.05) is 17.3 Å². The maximum atomic E-state index is 13.6. The number of fused-ring (bicyclic) bond motifs is 1. The zero-order valence-corrected chi connectivity index (χ0v) is 16.5. The van der Waals surface area contributed by atoms with Gasteiger partial charge >= 0.3 is 0 Å². The number of halogens is 1. The molecule has 0 saturated carbocycles. The minimum absolute atomic E-state index is 0.184. The van der Waals surface area contributed by atoms with Gasteiger partial charge in [0.25, 0.3) is 5.91 Å². The monoisotopic (exact) mass is 422 g/mol. The number of hydrogen-bond donors (Lipinski definition) is 3. The summed E-state index contributed by atoms with van der Waals surface area (Å²) in [5.74, 6) is -0.0952. The number of rotatable bonds is 4. The number of benzene rings is 1. The van der Waals surface area contributed by atoms with Crippen LogP contribution in [0.5, 0.6) is 0 Å². The van der Waals surface area contributed by atoms with Gasteiger partial charge < -0.3 is 20.3 Å². The number of amides is 1. The summed E-state index contributed by atoms with van der Waals surface area (Å²) in [6.45, 7) is 2.34. The van der Waals surface area contributed by atoms with Crippen LogP contribution < -0.4 is 10.6 Å². The average molecular weight is 422 g/mol. The van der Waals surface area contributed by atoms with E-state index < -0.39 is 17.8 Å². The van der Waals surface area contributed by atoms with Gasteiger partial charge in [0.1, 0.15) is 17.2 Å². The molecule has 0 bridgehead atoms. The van der Waals surface area contributed by atoms with Crippen molar-refractivity contribution >= 4 is 17.2 Å². The Morgan fingerprint density at radius 2 is 2.23 bits per heavy atom. The van der Waals surface area contributed by atoms with Gasteiger partial charge in [-0.05, 0) is 37.1 Å². The second kappa shape index (κ2) is 7.56. The number of carbonyl (C=O) groups excluding carboxylic acids is 1. The Bertz CT molecular complexity index is 1280. The summed E-state index contributed by atoms with van der Waals surface area (Å²) in [5, 5.41) is 19.7. The molecule has 1 aromatic carbocycles. The first-order valence-corrected chi connectivity index (χ1v) is 9.78. The molecule has 4 aromatic rings. The summed E-state index contributed by atoms with van der Waals surface area (Å²) >= 11 is 0. The maximum absolute atomic E-state index is 13.6. The Morgan fingerprint density at radius 3 is 3.03 bits per heavy atom. The smallest absolute Gasteiger partial charge is 0.274 e. The average Bonchev–Trinajstić information content (AvgIpc) is 3.48. The minimum atomic E-state index is -0.463. The van der Waals surface area contributed by atoms with E-state index in [1.54, 1.807) is 6.07 Å². The molecule has 3 aromatic heterocycles. The molecule has 2 atom stereocenters. The highest BCUT2D eigenvalue weighted by atomic mass is 19.1. The van der Waals surface area contributed by atoms with Crippen LogP contribution in [0.4, 0.5) is 10.1 Å². The molecule has 10 heteroatoms. The van der Waals surface area contributed by atoms with Crippen molar-refractivity contribution in [3.05, 3.63) is 65.7 Å². The molecule has 2 unspecified atom stereocenters. The van der Waals surface area contributed by atoms with Crippen LogP contribution in [0.2, 0.25) is 0 Å². The van der Waals surface area contributed by atoms with Gasteiger partial charge in [0.05, 0.1) is 18.3 Å². The molecular weight excluding hydrogens is 403 g/mol. The number of aliphatic hydroxyl groups is 1. The van der Waals surface area contributed by atoms with E-state index in [0.29, 0.717) is 41.6 Å². The van der Waals surface area contributed by atoms with Gasteiger partial charge in [-0.3, -0.25) is 9.20 Å². The third-order valence-electron chi connectivity index (χ3n) is 5.29. The molecule has 1 saturated heterocycles. The first kappa shape index (κ1) is 19.3. The summed E-state index contributed by atoms with van der Waals surface area (Å²) in [5.41, 5.74) is 2.75. The molecule has 1 amide bonds. The number of aryl methyl sites for hydroxylation is 1. The van der Waals surface area contributed by atoms with Crippen LogP contribution in [0.25, 0.3) is 17.0 Å². The molecule has 1 fully saturated rings. The van der Waals surface area contributed by atoms with Gasteiger partial charge in [-0.2, -0.15) is 4.98 Å². The van der Waals surface area contributed by atoms with Crippen molar-refractivity contribution in [3.63, 3.8) is 0 Å². The number of hydrogen-bond acceptors (Lipinski definition) is 7. The van der Waals surface area contributed by atoms with E-state index >= 15 is 0 Å². The van der Waals surface area contributed by atoms with E-state index in [9.17, 15) is 14.3 Å². The van der Waals surface area contributed by atoms with Gasteiger partial charge in [0.2, 0.25) is 11.7 Å². The highest BCUT2D eigenvalue weighted by molar-refractivity contribution is 6.04. The van der Waals surface area contributed by atoms with Gasteiger partial charge in [0, 0.05) is 24.0 Å². The summed E-state index contributed by atoms with van der Waals surface area (Å²) in [6.07, 6.45) is 2.69. The molecule has 0 aliphatic carbocycles. The summed E-state index contributed by atoms with van der Waals surface area (Å²) < 4.78 is 20.4. The zero-order chi connectivity index (χ0) is 21.5. The van der Waals surface area contributed by atoms with Gasteiger partial charge in [0.15, 0.2) is 0 Å². The molecule has 31 heavy (non-hydrogen) atoms. The van der Waals surface area contributed by atoms with Crippen LogP contribution in [-0.4, -0.2) is 43.2 Å². The highest BCUT2D eigenvalue weighted by Crippen LogP contribution is 2.27. The first-order chi connectivity index (χ1) is 15.0. The number of aromatic nitrogens is 4. The number of carbonyl (C=O) groups is 1. The number of imidazole rings is 1. The van der Waals surface area contributed by atoms with Crippen molar-refractivity contribution in [1.82, 2.24) is 24.8 Å². The number of anilines is 1. The van der Waals surface area contributed by atoms with E-state index in [2.05, 4.69) is 25.8 Å². The lowest BCUT2D eigenvalue weighted by molar-refractivity contribution is 0.102. The topological polar surface area (TPSA) is 118 Å². The molecule has 5 rings (SSSR count). The normalized spacial score (nSPS) is 18.5. The van der Waals surface area contributed by atoms with Gasteiger partial charge in [-0.25, -0.2) is 9.37 Å². The largest absolute Gasteiger partial charge is 0.392 e. The van der Waals surface area contributed by atoms with Crippen LogP contribution in [0.15, 0.2) is 47.2 Å². The Hall–Kier alpha value is -3.63. The lowest BCUT2D eigenvalue weighted by atomic mass is 10.1. The molecule has 4 heterocycles. The molecule has 3 N–H and O–H groups in total. The Morgan fingerprint density at radius 1 is 1.35 bits per heavy atom. The SMILES string of the molecule is Cc1ccc(-c2noc(C3CC(O)CN3)n2)cc1NC(=O)c1cnc2ccc(F)cn12. The molecule has 0 radical (unpaired) electrons. The molecule has 0 spiro atoms. The number of nitrogens with one attached hydrogen (secondary N) is 2. The van der Waals surface area contributed by atoms with Crippen molar-refractivity contribution in [2.75, 3.05) is 11.9 Å². The minimum Gasteiger partial charge on any atom is -0.392 e. The number of nitrogens with zero attached hydrogens (tertiary/aromatic N) is 4. The molecule has 1 aliphatic heterocycles. The van der Waals surface area contributed by atoms with Crippen LogP contribution >= 0.6 is 0 Å². The Labute approximate surface area is 175 Å². The quantitative estimate of drug-likeness (QED) is 0.462. The lowest BCUT2D eigenvalue weighted by Gasteiger charge is -2.09. The van der Waals surface area contributed by atoms with E-state index in [1.807, 2.05) is 19.1 Å². The maximum Gasteiger partial charge on any atom is 0.274 e. The summed E-state index contributed by atoms with van der Waals surface area (Å²) in [4.78, 5) is 21.4. The molecule has 1 aliphatic rings. The van der Waals surface area contributed by atoms with Gasteiger partial charge in [-0.15, -0.1) is 0 Å². The van der Waals surface area contributed by atoms with E-state index in [1.165, 1.54) is 28.9 Å². The summed E-state index contributed by atoms with van der Waals surface area (Å²) in [6, 6.07) is 8.04. The van der Waals surface area contributed by atoms with Crippen molar-refractivity contribution in [1.29, 1.82) is 0 Å². The summed E-state index contributed by atoms with van der Waals surface area (Å²) in [7, 11) is 0. The van der Waals surface area contributed by atoms with Crippen molar-refractivity contribution in [2.45, 2.75) is 25.5 Å². The zero-order valence-electron chi connectivity index (χ0n) is 16.5. The Kier molecular flexibility index (Phi) is 4.72. The standard InChI is InChI=1S/C21H19FN6O3/c1-11-2-3-12(19-26-21(31-27-19)16-7-14(29)8-23-16)6-15(11)25-20(30)17-9-24-18-5-4-13(22)10-28(17)18/h2-6,9-10,14,16,23,29H,7-8H2,1H3,(H,25,30). The van der Waals surface area contributed by atoms with Crippen LogP contribution in [0.1, 0.15) is 34.4 Å². The van der Waals surface area contributed by atoms with Crippen LogP contribution in [0.3, 0.4) is 0 Å². The van der Waals surface area contributed by atoms with Crippen LogP contribution in [0, 0.1) is 12.7 Å². The molecule has 158 valence electrons. The number of β-amino-alcohol motifs (C(OH)–C–C–N with tert-alkyl or cyclic N) is 1. The lowest BCUT2D eigenvalue weighted by Crippen LogP contribution is -2.15. The fraction of sp³-hybridized carbons (Fsp3) is 0.238. The van der Waals surface area contributed by atoms with E-state index in [0.717, 1.165) is 5.56 Å². The third-order valence-corrected chi connectivity index (χ3v) is 5.29. The van der Waals surface area contributed by atoms with Crippen molar-refractivity contribution in [3.8, 4) is 11.4 Å². The highest BCUT2D eigenvalue weighted by Gasteiger charge is 2.28. The first-order valence-electron chi connectivity index (χ1n) is 9.78. The predicted octanol–water partition coefficient (Wildman–Crippen LogP) is 2.48. The third kappa shape index (κ3) is 3.66.